The molecule has 0 aromatic rings. The molecule has 0 aliphatic heterocycles. The van der Waals surface area contributed by atoms with Gasteiger partial charge >= 0.3 is 6.18 Å². The van der Waals surface area contributed by atoms with E-state index in [2.05, 4.69) is 22.3 Å². The molecule has 0 atom stereocenters. The number of hydrogen-bond donors (Lipinski definition) is 2. The quantitative estimate of drug-likeness (QED) is 0.522. The van der Waals surface area contributed by atoms with Crippen molar-refractivity contribution >= 4 is 23.1 Å². The van der Waals surface area contributed by atoms with Gasteiger partial charge in [0.1, 0.15) is 6.61 Å². The number of thiocarbonyl (C=S) groups is 1. The molecule has 0 spiro atoms. The maximum Gasteiger partial charge on any atom is 0.411 e. The summed E-state index contributed by atoms with van der Waals surface area (Å²) in [5.41, 5.74) is 5.18. The number of halogens is 3. The summed E-state index contributed by atoms with van der Waals surface area (Å²) in [5.74, 6) is -0.390. The fraction of sp³-hybridized carbons (Fsp3) is 0.750. The molecule has 0 aromatic heterocycles. The Balaban J connectivity index is 3.41. The van der Waals surface area contributed by atoms with E-state index in [-0.39, 0.29) is 24.6 Å². The van der Waals surface area contributed by atoms with Crippen LogP contribution in [-0.4, -0.2) is 36.8 Å². The van der Waals surface area contributed by atoms with Crippen molar-refractivity contribution in [2.24, 2.45) is 5.73 Å². The van der Waals surface area contributed by atoms with Crippen LogP contribution < -0.4 is 11.1 Å². The van der Waals surface area contributed by atoms with Crippen LogP contribution in [-0.2, 0) is 9.53 Å². The van der Waals surface area contributed by atoms with E-state index < -0.39 is 18.7 Å². The number of ether oxygens (including phenoxy) is 1. The molecule has 0 unspecified atom stereocenters. The molecule has 0 saturated heterocycles. The first-order chi connectivity index (χ1) is 7.31. The van der Waals surface area contributed by atoms with Crippen LogP contribution in [0.2, 0.25) is 0 Å². The van der Waals surface area contributed by atoms with Gasteiger partial charge in [-0.2, -0.15) is 13.2 Å². The van der Waals surface area contributed by atoms with Gasteiger partial charge in [-0.05, 0) is 0 Å². The Hall–Kier alpha value is -0.890. The normalized spacial score (nSPS) is 11.2. The number of alkyl halides is 3. The van der Waals surface area contributed by atoms with Gasteiger partial charge in [-0.25, -0.2) is 0 Å². The molecule has 0 aliphatic carbocycles. The Labute approximate surface area is 96.3 Å². The molecule has 0 radical (unpaired) electrons. The van der Waals surface area contributed by atoms with Crippen molar-refractivity contribution in [2.45, 2.75) is 19.0 Å². The van der Waals surface area contributed by atoms with E-state index in [1.165, 1.54) is 0 Å². The van der Waals surface area contributed by atoms with Crippen molar-refractivity contribution in [1.29, 1.82) is 0 Å². The highest BCUT2D eigenvalue weighted by molar-refractivity contribution is 7.80. The van der Waals surface area contributed by atoms with Gasteiger partial charge in [-0.3, -0.25) is 4.79 Å². The molecule has 4 nitrogen and oxygen atoms in total. The molecule has 8 heteroatoms. The van der Waals surface area contributed by atoms with E-state index >= 15 is 0 Å². The maximum absolute atomic E-state index is 11.6. The van der Waals surface area contributed by atoms with Gasteiger partial charge in [0.25, 0.3) is 0 Å². The number of carbonyl (C=O) groups is 1. The van der Waals surface area contributed by atoms with Crippen LogP contribution in [0.5, 0.6) is 0 Å². The predicted octanol–water partition coefficient (Wildman–Crippen LogP) is 0.748. The van der Waals surface area contributed by atoms with E-state index in [0.29, 0.717) is 6.42 Å². The second kappa shape index (κ2) is 7.39. The Kier molecular flexibility index (Phi) is 6.98. The number of hydrogen-bond acceptors (Lipinski definition) is 3. The average molecular weight is 258 g/mol. The number of nitrogens with one attached hydrogen (secondary N) is 1. The third-order valence-electron chi connectivity index (χ3n) is 1.43. The van der Waals surface area contributed by atoms with E-state index in [0.717, 1.165) is 0 Å². The zero-order chi connectivity index (χ0) is 12.6. The molecular weight excluding hydrogens is 245 g/mol. The highest BCUT2D eigenvalue weighted by Gasteiger charge is 2.27. The van der Waals surface area contributed by atoms with Gasteiger partial charge < -0.3 is 15.8 Å². The highest BCUT2D eigenvalue weighted by atomic mass is 32.1. The first kappa shape index (κ1) is 15.1. The Morgan fingerprint density at radius 2 is 2.00 bits per heavy atom. The minimum Gasteiger partial charge on any atom is -0.393 e. The van der Waals surface area contributed by atoms with Crippen molar-refractivity contribution in [3.05, 3.63) is 0 Å². The van der Waals surface area contributed by atoms with Gasteiger partial charge in [0.2, 0.25) is 5.91 Å². The molecule has 16 heavy (non-hydrogen) atoms. The van der Waals surface area contributed by atoms with Gasteiger partial charge in [-0.15, -0.1) is 0 Å². The minimum absolute atomic E-state index is 0.118. The zero-order valence-corrected chi connectivity index (χ0v) is 9.29. The van der Waals surface area contributed by atoms with Gasteiger partial charge in [0, 0.05) is 19.4 Å². The Morgan fingerprint density at radius 3 is 2.50 bits per heavy atom. The van der Waals surface area contributed by atoms with Crippen LogP contribution in [0.1, 0.15) is 12.8 Å². The fourth-order valence-electron chi connectivity index (χ4n) is 0.766. The molecule has 0 aromatic carbocycles. The molecule has 0 fully saturated rings. The molecule has 0 heterocycles. The lowest BCUT2D eigenvalue weighted by atomic mass is 10.4. The summed E-state index contributed by atoms with van der Waals surface area (Å²) in [5, 5.41) is 2.44. The average Bonchev–Trinajstić information content (AvgIpc) is 2.10. The van der Waals surface area contributed by atoms with Gasteiger partial charge in [0.15, 0.2) is 0 Å². The summed E-state index contributed by atoms with van der Waals surface area (Å²) in [4.78, 5) is 11.3. The van der Waals surface area contributed by atoms with Crippen molar-refractivity contribution in [3.63, 3.8) is 0 Å². The first-order valence-electron chi connectivity index (χ1n) is 4.51. The number of nitrogens with two attached hydrogens (primary N) is 1. The second-order valence-electron chi connectivity index (χ2n) is 2.98. The molecule has 1 amide bonds. The lowest BCUT2D eigenvalue weighted by Crippen LogP contribution is -2.28. The van der Waals surface area contributed by atoms with Crippen LogP contribution in [0.3, 0.4) is 0 Å². The second-order valence-corrected chi connectivity index (χ2v) is 3.51. The fourth-order valence-corrected chi connectivity index (χ4v) is 0.868. The monoisotopic (exact) mass is 258 g/mol. The summed E-state index contributed by atoms with van der Waals surface area (Å²) in [7, 11) is 0. The SMILES string of the molecule is NC(=S)CCNC(=O)CCOCC(F)(F)F. The van der Waals surface area contributed by atoms with Crippen molar-refractivity contribution < 1.29 is 22.7 Å². The maximum atomic E-state index is 11.6. The molecule has 94 valence electrons. The van der Waals surface area contributed by atoms with E-state index in [9.17, 15) is 18.0 Å². The standard InChI is InChI=1S/C8H13F3N2O2S/c9-8(10,11)5-15-4-2-7(14)13-3-1-6(12)16/h1-5H2,(H2,12,16)(H,13,14). The summed E-state index contributed by atoms with van der Waals surface area (Å²) in [6.45, 7) is -1.32. The summed E-state index contributed by atoms with van der Waals surface area (Å²) < 4.78 is 39.1. The van der Waals surface area contributed by atoms with Crippen LogP contribution in [0.15, 0.2) is 0 Å². The third-order valence-corrected chi connectivity index (χ3v) is 1.64. The predicted molar refractivity (Wildman–Crippen MR) is 55.9 cm³/mol. The van der Waals surface area contributed by atoms with Crippen LogP contribution in [0.4, 0.5) is 13.2 Å². The highest BCUT2D eigenvalue weighted by Crippen LogP contribution is 2.14. The number of rotatable bonds is 7. The summed E-state index contributed by atoms with van der Waals surface area (Å²) in [6.07, 6.45) is -4.11. The van der Waals surface area contributed by atoms with Gasteiger partial charge in [-0.1, -0.05) is 12.2 Å². The zero-order valence-electron chi connectivity index (χ0n) is 8.47. The van der Waals surface area contributed by atoms with Crippen LogP contribution in [0, 0.1) is 0 Å². The number of carbonyl (C=O) groups excluding carboxylic acids is 1. The third kappa shape index (κ3) is 11.2. The lowest BCUT2D eigenvalue weighted by molar-refractivity contribution is -0.174. The molecule has 3 N–H and O–H groups in total. The van der Waals surface area contributed by atoms with Crippen molar-refractivity contribution in [2.75, 3.05) is 19.8 Å². The van der Waals surface area contributed by atoms with Crippen LogP contribution in [0.25, 0.3) is 0 Å². The molecule has 0 saturated carbocycles. The smallest absolute Gasteiger partial charge is 0.393 e. The topological polar surface area (TPSA) is 64.3 Å². The van der Waals surface area contributed by atoms with E-state index in [4.69, 9.17) is 5.73 Å². The summed E-state index contributed by atoms with van der Waals surface area (Å²) >= 11 is 4.57. The first-order valence-corrected chi connectivity index (χ1v) is 4.91. The molecular formula is C8H13F3N2O2S. The van der Waals surface area contributed by atoms with Crippen molar-refractivity contribution in [3.8, 4) is 0 Å². The Bertz CT molecular complexity index is 246. The van der Waals surface area contributed by atoms with Crippen LogP contribution >= 0.6 is 12.2 Å². The van der Waals surface area contributed by atoms with Gasteiger partial charge in [0.05, 0.1) is 11.6 Å². The van der Waals surface area contributed by atoms with Crippen molar-refractivity contribution in [1.82, 2.24) is 5.32 Å². The minimum atomic E-state index is -4.36. The van der Waals surface area contributed by atoms with E-state index in [1.807, 2.05) is 0 Å². The molecule has 0 aliphatic rings. The molecule has 0 rings (SSSR count). The van der Waals surface area contributed by atoms with E-state index in [1.54, 1.807) is 0 Å². The Morgan fingerprint density at radius 1 is 1.38 bits per heavy atom. The number of amides is 1. The lowest BCUT2D eigenvalue weighted by Gasteiger charge is -2.07. The molecule has 0 bridgehead atoms. The largest absolute Gasteiger partial charge is 0.411 e. The summed E-state index contributed by atoms with van der Waals surface area (Å²) in [6, 6.07) is 0.